The van der Waals surface area contributed by atoms with E-state index < -0.39 is 25.0 Å². The summed E-state index contributed by atoms with van der Waals surface area (Å²) in [7, 11) is -7.23. The molecule has 0 unspecified atom stereocenters. The molecule has 1 aromatic carbocycles. The number of hydrogen-bond donors (Lipinski definition) is 2. The number of H-pyrrole nitrogens is 1. The molecule has 10 heteroatoms. The fourth-order valence-electron chi connectivity index (χ4n) is 1.35. The second-order valence-corrected chi connectivity index (χ2v) is 7.30. The van der Waals surface area contributed by atoms with E-state index >= 15 is 0 Å². The van der Waals surface area contributed by atoms with E-state index in [9.17, 15) is 16.8 Å². The van der Waals surface area contributed by atoms with Gasteiger partial charge in [0.2, 0.25) is 0 Å². The van der Waals surface area contributed by atoms with Crippen LogP contribution in [0.5, 0.6) is 0 Å². The van der Waals surface area contributed by atoms with Gasteiger partial charge in [0.25, 0.3) is 15.2 Å². The Morgan fingerprint density at radius 2 is 1.68 bits per heavy atom. The monoisotopic (exact) mass is 302 g/mol. The zero-order valence-corrected chi connectivity index (χ0v) is 11.4. The molecular formula is C9H10N4O4S2. The first-order valence-electron chi connectivity index (χ1n) is 4.93. The van der Waals surface area contributed by atoms with Crippen LogP contribution >= 0.6 is 0 Å². The summed E-state index contributed by atoms with van der Waals surface area (Å²) >= 11 is 0. The normalized spacial score (nSPS) is 12.5. The van der Waals surface area contributed by atoms with Gasteiger partial charge in [0, 0.05) is 11.8 Å². The topological polar surface area (TPSA) is 136 Å². The van der Waals surface area contributed by atoms with Gasteiger partial charge in [-0.3, -0.25) is 0 Å². The molecule has 0 fully saturated rings. The molecule has 2 aromatic rings. The molecule has 0 aliphatic carbocycles. The minimum Gasteiger partial charge on any atom is -0.248 e. The molecule has 1 heterocycles. The highest BCUT2D eigenvalue weighted by molar-refractivity contribution is 7.90. The average molecular weight is 302 g/mol. The van der Waals surface area contributed by atoms with Gasteiger partial charge in [-0.1, -0.05) is 0 Å². The van der Waals surface area contributed by atoms with Crippen LogP contribution in [0.25, 0.3) is 11.4 Å². The van der Waals surface area contributed by atoms with E-state index in [0.29, 0.717) is 5.56 Å². The van der Waals surface area contributed by atoms with Crippen molar-refractivity contribution in [1.82, 2.24) is 15.2 Å². The lowest BCUT2D eigenvalue weighted by Crippen LogP contribution is -2.13. The third kappa shape index (κ3) is 2.97. The highest BCUT2D eigenvalue weighted by Gasteiger charge is 2.15. The van der Waals surface area contributed by atoms with Crippen molar-refractivity contribution in [3.05, 3.63) is 24.3 Å². The molecule has 102 valence electrons. The van der Waals surface area contributed by atoms with E-state index in [1.807, 2.05) is 0 Å². The van der Waals surface area contributed by atoms with Gasteiger partial charge in [-0.2, -0.15) is 10.1 Å². The van der Waals surface area contributed by atoms with Gasteiger partial charge in [-0.25, -0.2) is 27.1 Å². The van der Waals surface area contributed by atoms with Crippen LogP contribution in [0.15, 0.2) is 34.3 Å². The number of benzene rings is 1. The van der Waals surface area contributed by atoms with Crippen LogP contribution in [0.2, 0.25) is 0 Å². The first kappa shape index (κ1) is 13.6. The molecule has 2 rings (SSSR count). The lowest BCUT2D eigenvalue weighted by atomic mass is 10.2. The fraction of sp³-hybridized carbons (Fsp3) is 0.111. The summed E-state index contributed by atoms with van der Waals surface area (Å²) < 4.78 is 44.6. The minimum atomic E-state index is -3.95. The Hall–Kier alpha value is -1.78. The molecule has 8 nitrogen and oxygen atoms in total. The second-order valence-electron chi connectivity index (χ2n) is 3.81. The molecule has 0 radical (unpaired) electrons. The summed E-state index contributed by atoms with van der Waals surface area (Å²) in [6, 6.07) is 5.73. The maximum Gasteiger partial charge on any atom is 0.273 e. The molecule has 0 spiro atoms. The quantitative estimate of drug-likeness (QED) is 0.786. The van der Waals surface area contributed by atoms with Crippen molar-refractivity contribution in [3.8, 4) is 11.4 Å². The van der Waals surface area contributed by atoms with E-state index in [0.717, 1.165) is 6.26 Å². The molecule has 1 aromatic heterocycles. The van der Waals surface area contributed by atoms with Gasteiger partial charge in [0.15, 0.2) is 15.7 Å². The Labute approximate surface area is 109 Å². The molecule has 0 saturated carbocycles. The zero-order valence-electron chi connectivity index (χ0n) is 9.73. The van der Waals surface area contributed by atoms with Crippen molar-refractivity contribution in [2.24, 2.45) is 5.14 Å². The largest absolute Gasteiger partial charge is 0.273 e. The SMILES string of the molecule is CS(=O)(=O)c1ccc(-c2n[nH]c(S(N)(=O)=O)n2)cc1. The number of aromatic nitrogens is 3. The molecular weight excluding hydrogens is 292 g/mol. The van der Waals surface area contributed by atoms with Crippen molar-refractivity contribution < 1.29 is 16.8 Å². The number of nitrogens with zero attached hydrogens (tertiary/aromatic N) is 2. The first-order valence-corrected chi connectivity index (χ1v) is 8.37. The van der Waals surface area contributed by atoms with Crippen LogP contribution in [0, 0.1) is 0 Å². The van der Waals surface area contributed by atoms with Crippen molar-refractivity contribution in [3.63, 3.8) is 0 Å². The molecule has 0 aliphatic heterocycles. The summed E-state index contributed by atoms with van der Waals surface area (Å²) in [4.78, 5) is 3.87. The Balaban J connectivity index is 2.41. The number of sulfonamides is 1. The Morgan fingerprint density at radius 1 is 1.11 bits per heavy atom. The first-order chi connectivity index (χ1) is 8.68. The molecule has 0 aliphatic rings. The standard InChI is InChI=1S/C9H10N4O4S2/c1-18(14,15)7-4-2-6(3-5-7)8-11-9(13-12-8)19(10,16)17/h2-5H,1H3,(H2,10,16,17)(H,11,12,13). The van der Waals surface area contributed by atoms with Crippen LogP contribution < -0.4 is 5.14 Å². The van der Waals surface area contributed by atoms with Crippen LogP contribution in [0.3, 0.4) is 0 Å². The van der Waals surface area contributed by atoms with E-state index in [1.54, 1.807) is 0 Å². The minimum absolute atomic E-state index is 0.115. The maximum atomic E-state index is 11.3. The van der Waals surface area contributed by atoms with Crippen molar-refractivity contribution >= 4 is 19.9 Å². The predicted octanol–water partition coefficient (Wildman–Crippen LogP) is -0.477. The summed E-state index contributed by atoms with van der Waals surface area (Å²) in [5.41, 5.74) is 0.471. The third-order valence-corrected chi connectivity index (χ3v) is 4.13. The van der Waals surface area contributed by atoms with E-state index in [1.165, 1.54) is 24.3 Å². The van der Waals surface area contributed by atoms with Crippen molar-refractivity contribution in [2.45, 2.75) is 10.1 Å². The van der Waals surface area contributed by atoms with Crippen molar-refractivity contribution in [2.75, 3.05) is 6.26 Å². The molecule has 0 amide bonds. The highest BCUT2D eigenvalue weighted by atomic mass is 32.2. The smallest absolute Gasteiger partial charge is 0.248 e. The predicted molar refractivity (Wildman–Crippen MR) is 66.3 cm³/mol. The Morgan fingerprint density at radius 3 is 2.11 bits per heavy atom. The zero-order chi connectivity index (χ0) is 14.3. The average Bonchev–Trinajstić information content (AvgIpc) is 2.77. The summed E-state index contributed by atoms with van der Waals surface area (Å²) in [6.07, 6.45) is 1.09. The lowest BCUT2D eigenvalue weighted by molar-refractivity contribution is 0.589. The summed E-state index contributed by atoms with van der Waals surface area (Å²) in [5.74, 6) is 0.115. The molecule has 0 saturated heterocycles. The Kier molecular flexibility index (Phi) is 3.16. The van der Waals surface area contributed by atoms with Crippen LogP contribution in [0.1, 0.15) is 0 Å². The van der Waals surface area contributed by atoms with E-state index in [-0.39, 0.29) is 10.7 Å². The maximum absolute atomic E-state index is 11.3. The van der Waals surface area contributed by atoms with Gasteiger partial charge in [0.1, 0.15) is 0 Å². The molecule has 3 N–H and O–H groups in total. The van der Waals surface area contributed by atoms with E-state index in [2.05, 4.69) is 15.2 Å². The number of nitrogens with one attached hydrogen (secondary N) is 1. The highest BCUT2D eigenvalue weighted by Crippen LogP contribution is 2.18. The van der Waals surface area contributed by atoms with Crippen LogP contribution in [-0.2, 0) is 19.9 Å². The van der Waals surface area contributed by atoms with Gasteiger partial charge >= 0.3 is 0 Å². The Bertz CT molecular complexity index is 806. The summed E-state index contributed by atoms with van der Waals surface area (Å²) in [5, 5.41) is 10.3. The second kappa shape index (κ2) is 4.40. The third-order valence-electron chi connectivity index (χ3n) is 2.28. The fourth-order valence-corrected chi connectivity index (χ4v) is 2.37. The van der Waals surface area contributed by atoms with Crippen LogP contribution in [-0.4, -0.2) is 38.3 Å². The number of nitrogens with two attached hydrogens (primary N) is 1. The number of sulfone groups is 1. The van der Waals surface area contributed by atoms with Gasteiger partial charge < -0.3 is 0 Å². The molecule has 19 heavy (non-hydrogen) atoms. The van der Waals surface area contributed by atoms with Gasteiger partial charge in [-0.05, 0) is 24.3 Å². The number of rotatable bonds is 3. The van der Waals surface area contributed by atoms with Gasteiger partial charge in [0.05, 0.1) is 4.90 Å². The van der Waals surface area contributed by atoms with Gasteiger partial charge in [-0.15, -0.1) is 0 Å². The number of primary sulfonamides is 1. The van der Waals surface area contributed by atoms with Crippen LogP contribution in [0.4, 0.5) is 0 Å². The lowest BCUT2D eigenvalue weighted by Gasteiger charge is -1.99. The summed E-state index contributed by atoms with van der Waals surface area (Å²) in [6.45, 7) is 0. The number of aromatic amines is 1. The molecule has 0 atom stereocenters. The number of hydrogen-bond acceptors (Lipinski definition) is 6. The molecule has 0 bridgehead atoms. The van der Waals surface area contributed by atoms with E-state index in [4.69, 9.17) is 5.14 Å². The van der Waals surface area contributed by atoms with Crippen molar-refractivity contribution in [1.29, 1.82) is 0 Å².